The number of hydrogen-bond donors (Lipinski definition) is 0. The van der Waals surface area contributed by atoms with Crippen molar-refractivity contribution in [2.24, 2.45) is 11.8 Å². The number of likely N-dealkylation sites (tertiary alicyclic amines) is 1. The number of piperidine rings is 1. The van der Waals surface area contributed by atoms with Crippen LogP contribution in [0.2, 0.25) is 4.34 Å². The van der Waals surface area contributed by atoms with Crippen LogP contribution in [0.1, 0.15) is 26.0 Å². The fourth-order valence-corrected chi connectivity index (χ4v) is 4.38. The predicted octanol–water partition coefficient (Wildman–Crippen LogP) is 1.81. The Kier molecular flexibility index (Phi) is 6.07. The SMILES string of the molecule is CC1CC(C)CN(C(=O)CN2CCN(Cc3nnsc3Cl)CC2)C1. The lowest BCUT2D eigenvalue weighted by Crippen LogP contribution is -2.51. The van der Waals surface area contributed by atoms with Crippen LogP contribution in [0.25, 0.3) is 0 Å². The number of aromatic nitrogens is 2. The zero-order valence-electron chi connectivity index (χ0n) is 14.4. The molecule has 0 N–H and O–H groups in total. The number of nitrogens with zero attached hydrogens (tertiary/aromatic N) is 5. The Morgan fingerprint density at radius 2 is 1.79 bits per heavy atom. The van der Waals surface area contributed by atoms with Gasteiger partial charge < -0.3 is 4.90 Å². The number of amides is 1. The van der Waals surface area contributed by atoms with Gasteiger partial charge in [-0.2, -0.15) is 0 Å². The highest BCUT2D eigenvalue weighted by Crippen LogP contribution is 2.22. The van der Waals surface area contributed by atoms with E-state index in [2.05, 4.69) is 38.1 Å². The largest absolute Gasteiger partial charge is 0.341 e. The third kappa shape index (κ3) is 4.65. The number of carbonyl (C=O) groups excluding carboxylic acids is 1. The molecule has 3 heterocycles. The van der Waals surface area contributed by atoms with Crippen molar-refractivity contribution in [2.45, 2.75) is 26.8 Å². The Morgan fingerprint density at radius 3 is 2.38 bits per heavy atom. The van der Waals surface area contributed by atoms with Gasteiger partial charge in [0.15, 0.2) is 0 Å². The average Bonchev–Trinajstić information content (AvgIpc) is 2.93. The number of hydrogen-bond acceptors (Lipinski definition) is 6. The number of rotatable bonds is 4. The highest BCUT2D eigenvalue weighted by molar-refractivity contribution is 7.10. The van der Waals surface area contributed by atoms with Gasteiger partial charge in [0.2, 0.25) is 5.91 Å². The molecule has 24 heavy (non-hydrogen) atoms. The molecule has 2 atom stereocenters. The summed E-state index contributed by atoms with van der Waals surface area (Å²) in [4.78, 5) is 19.2. The van der Waals surface area contributed by atoms with Gasteiger partial charge in [-0.15, -0.1) is 5.10 Å². The fraction of sp³-hybridized carbons (Fsp3) is 0.812. The highest BCUT2D eigenvalue weighted by atomic mass is 35.5. The first kappa shape index (κ1) is 18.0. The molecule has 0 bridgehead atoms. The monoisotopic (exact) mass is 371 g/mol. The molecule has 1 amide bonds. The molecule has 2 fully saturated rings. The van der Waals surface area contributed by atoms with E-state index in [0.29, 0.717) is 22.7 Å². The molecule has 2 saturated heterocycles. The molecule has 2 aliphatic rings. The quantitative estimate of drug-likeness (QED) is 0.808. The molecule has 0 radical (unpaired) electrons. The van der Waals surface area contributed by atoms with Gasteiger partial charge in [-0.1, -0.05) is 29.9 Å². The summed E-state index contributed by atoms with van der Waals surface area (Å²) in [5.74, 6) is 1.52. The van der Waals surface area contributed by atoms with Crippen LogP contribution >= 0.6 is 23.1 Å². The first-order valence-corrected chi connectivity index (χ1v) is 9.85. The molecule has 2 aliphatic heterocycles. The normalized spacial score (nSPS) is 26.7. The molecule has 0 spiro atoms. The molecule has 0 aromatic carbocycles. The van der Waals surface area contributed by atoms with E-state index in [0.717, 1.165) is 51.5 Å². The van der Waals surface area contributed by atoms with Gasteiger partial charge in [0.25, 0.3) is 0 Å². The second kappa shape index (κ2) is 8.08. The molecule has 1 aromatic rings. The summed E-state index contributed by atoms with van der Waals surface area (Å²) in [6.07, 6.45) is 1.23. The molecule has 0 aliphatic carbocycles. The molecule has 134 valence electrons. The average molecular weight is 372 g/mol. The van der Waals surface area contributed by atoms with Crippen molar-refractivity contribution in [2.75, 3.05) is 45.8 Å². The third-order valence-electron chi connectivity index (χ3n) is 4.93. The van der Waals surface area contributed by atoms with E-state index in [9.17, 15) is 4.79 Å². The Bertz CT molecular complexity index is 550. The Labute approximate surface area is 152 Å². The summed E-state index contributed by atoms with van der Waals surface area (Å²) >= 11 is 7.31. The minimum absolute atomic E-state index is 0.286. The molecular weight excluding hydrogens is 346 g/mol. The lowest BCUT2D eigenvalue weighted by Gasteiger charge is -2.38. The Morgan fingerprint density at radius 1 is 1.17 bits per heavy atom. The van der Waals surface area contributed by atoms with Crippen molar-refractivity contribution in [1.82, 2.24) is 24.3 Å². The van der Waals surface area contributed by atoms with Gasteiger partial charge in [0.1, 0.15) is 10.0 Å². The van der Waals surface area contributed by atoms with E-state index >= 15 is 0 Å². The molecular formula is C16H26ClN5OS. The van der Waals surface area contributed by atoms with Crippen LogP contribution in [0.15, 0.2) is 0 Å². The maximum absolute atomic E-state index is 12.6. The zero-order valence-corrected chi connectivity index (χ0v) is 16.0. The van der Waals surface area contributed by atoms with Crippen molar-refractivity contribution >= 4 is 29.0 Å². The van der Waals surface area contributed by atoms with Gasteiger partial charge in [0, 0.05) is 57.3 Å². The number of piperazine rings is 1. The van der Waals surface area contributed by atoms with Crippen LogP contribution in [0.4, 0.5) is 0 Å². The predicted molar refractivity (Wildman–Crippen MR) is 96.2 cm³/mol. The Hall–Kier alpha value is -0.760. The third-order valence-corrected chi connectivity index (χ3v) is 5.91. The van der Waals surface area contributed by atoms with Crippen LogP contribution in [-0.2, 0) is 11.3 Å². The van der Waals surface area contributed by atoms with E-state index in [1.165, 1.54) is 18.0 Å². The first-order valence-electron chi connectivity index (χ1n) is 8.70. The Balaban J connectivity index is 1.43. The number of carbonyl (C=O) groups is 1. The summed E-state index contributed by atoms with van der Waals surface area (Å²) in [5.41, 5.74) is 0.863. The van der Waals surface area contributed by atoms with Gasteiger partial charge in [0.05, 0.1) is 6.54 Å². The lowest BCUT2D eigenvalue weighted by atomic mass is 9.92. The highest BCUT2D eigenvalue weighted by Gasteiger charge is 2.27. The smallest absolute Gasteiger partial charge is 0.236 e. The molecule has 3 rings (SSSR count). The van der Waals surface area contributed by atoms with Crippen LogP contribution < -0.4 is 0 Å². The minimum Gasteiger partial charge on any atom is -0.341 e. The van der Waals surface area contributed by atoms with Crippen molar-refractivity contribution in [1.29, 1.82) is 0 Å². The van der Waals surface area contributed by atoms with E-state index in [4.69, 9.17) is 11.6 Å². The van der Waals surface area contributed by atoms with Crippen LogP contribution in [-0.4, -0.2) is 76.0 Å². The van der Waals surface area contributed by atoms with Crippen molar-refractivity contribution in [3.05, 3.63) is 10.0 Å². The van der Waals surface area contributed by atoms with Gasteiger partial charge in [-0.05, 0) is 18.3 Å². The summed E-state index contributed by atoms with van der Waals surface area (Å²) in [5, 5.41) is 4.07. The second-order valence-corrected chi connectivity index (χ2v) is 8.65. The maximum atomic E-state index is 12.6. The van der Waals surface area contributed by atoms with Gasteiger partial charge >= 0.3 is 0 Å². The van der Waals surface area contributed by atoms with Gasteiger partial charge in [-0.25, -0.2) is 0 Å². The molecule has 0 saturated carbocycles. The van der Waals surface area contributed by atoms with E-state index in [1.807, 2.05) is 0 Å². The zero-order chi connectivity index (χ0) is 17.1. The molecule has 6 nitrogen and oxygen atoms in total. The molecule has 8 heteroatoms. The van der Waals surface area contributed by atoms with Crippen LogP contribution in [0, 0.1) is 11.8 Å². The minimum atomic E-state index is 0.286. The first-order chi connectivity index (χ1) is 11.5. The van der Waals surface area contributed by atoms with E-state index < -0.39 is 0 Å². The summed E-state index contributed by atoms with van der Waals surface area (Å²) < 4.78 is 4.56. The van der Waals surface area contributed by atoms with Crippen LogP contribution in [0.5, 0.6) is 0 Å². The topological polar surface area (TPSA) is 52.6 Å². The summed E-state index contributed by atoms with van der Waals surface area (Å²) in [6.45, 7) is 11.3. The second-order valence-electron chi connectivity index (χ2n) is 7.29. The fourth-order valence-electron chi connectivity index (χ4n) is 3.77. The van der Waals surface area contributed by atoms with Crippen molar-refractivity contribution < 1.29 is 4.79 Å². The van der Waals surface area contributed by atoms with Gasteiger partial charge in [-0.3, -0.25) is 14.6 Å². The van der Waals surface area contributed by atoms with E-state index in [-0.39, 0.29) is 5.91 Å². The summed E-state index contributed by atoms with van der Waals surface area (Å²) in [6, 6.07) is 0. The molecule has 1 aromatic heterocycles. The summed E-state index contributed by atoms with van der Waals surface area (Å²) in [7, 11) is 0. The van der Waals surface area contributed by atoms with Crippen molar-refractivity contribution in [3.8, 4) is 0 Å². The van der Waals surface area contributed by atoms with Crippen molar-refractivity contribution in [3.63, 3.8) is 0 Å². The number of halogens is 1. The molecule has 2 unspecified atom stereocenters. The van der Waals surface area contributed by atoms with Crippen LogP contribution in [0.3, 0.4) is 0 Å². The standard InChI is InChI=1S/C16H26ClN5OS/c1-12-7-13(2)9-22(8-12)15(23)11-21-5-3-20(4-6-21)10-14-16(17)24-19-18-14/h12-13H,3-11H2,1-2H3. The van der Waals surface area contributed by atoms with E-state index in [1.54, 1.807) is 0 Å². The maximum Gasteiger partial charge on any atom is 0.236 e. The lowest BCUT2D eigenvalue weighted by molar-refractivity contribution is -0.135.